The maximum Gasteiger partial charge on any atom is 0.160 e. The molecule has 1 heterocycles. The summed E-state index contributed by atoms with van der Waals surface area (Å²) in [6.45, 7) is 3.64. The Kier molecular flexibility index (Phi) is 7.26. The lowest BCUT2D eigenvalue weighted by Crippen LogP contribution is -2.02. The SMILES string of the molecule is CP(C)(=O)c1cccc(-c2ccc(-c3ccc(-c4nc(-c5ccccc5)cc(-c5ccccc5)n4)cc3)c3ccccc23)c1. The highest BCUT2D eigenvalue weighted by molar-refractivity contribution is 7.70. The molecule has 7 rings (SSSR count). The van der Waals surface area contributed by atoms with E-state index in [0.717, 1.165) is 55.6 Å². The molecule has 0 aliphatic carbocycles. The van der Waals surface area contributed by atoms with Crippen LogP contribution in [0.1, 0.15) is 0 Å². The van der Waals surface area contributed by atoms with Crippen LogP contribution in [-0.4, -0.2) is 23.3 Å². The van der Waals surface area contributed by atoms with Gasteiger partial charge in [0.1, 0.15) is 7.14 Å². The first-order chi connectivity index (χ1) is 21.4. The summed E-state index contributed by atoms with van der Waals surface area (Å²) in [5.74, 6) is 0.695. The predicted molar refractivity (Wildman–Crippen MR) is 186 cm³/mol. The molecule has 4 heteroatoms. The molecule has 3 nitrogen and oxygen atoms in total. The van der Waals surface area contributed by atoms with E-state index < -0.39 is 7.14 Å². The van der Waals surface area contributed by atoms with Gasteiger partial charge in [-0.2, -0.15) is 0 Å². The Morgan fingerprint density at radius 1 is 0.432 bits per heavy atom. The Hall–Kier alpha value is -5.11. The molecular weight excluding hydrogens is 555 g/mol. The van der Waals surface area contributed by atoms with Crippen LogP contribution in [0.25, 0.3) is 66.9 Å². The van der Waals surface area contributed by atoms with Crippen LogP contribution in [-0.2, 0) is 4.57 Å². The van der Waals surface area contributed by atoms with Gasteiger partial charge in [0.2, 0.25) is 0 Å². The van der Waals surface area contributed by atoms with Crippen LogP contribution < -0.4 is 5.30 Å². The third-order valence-electron chi connectivity index (χ3n) is 8.02. The van der Waals surface area contributed by atoms with Crippen LogP contribution in [0.2, 0.25) is 0 Å². The van der Waals surface area contributed by atoms with E-state index in [1.54, 1.807) is 0 Å². The highest BCUT2D eigenvalue weighted by atomic mass is 31.2. The van der Waals surface area contributed by atoms with Gasteiger partial charge in [0.05, 0.1) is 11.4 Å². The van der Waals surface area contributed by atoms with Crippen molar-refractivity contribution in [3.63, 3.8) is 0 Å². The normalized spacial score (nSPS) is 11.5. The van der Waals surface area contributed by atoms with E-state index in [1.165, 1.54) is 10.8 Å². The Bertz CT molecular complexity index is 2090. The Morgan fingerprint density at radius 2 is 0.909 bits per heavy atom. The van der Waals surface area contributed by atoms with Crippen molar-refractivity contribution in [3.8, 4) is 56.2 Å². The van der Waals surface area contributed by atoms with Gasteiger partial charge in [-0.05, 0) is 58.5 Å². The maximum absolute atomic E-state index is 12.8. The molecule has 1 aromatic heterocycles. The van der Waals surface area contributed by atoms with Crippen molar-refractivity contribution in [3.05, 3.63) is 152 Å². The molecule has 0 bridgehead atoms. The van der Waals surface area contributed by atoms with Crippen molar-refractivity contribution >= 4 is 23.2 Å². The van der Waals surface area contributed by atoms with Crippen molar-refractivity contribution in [1.82, 2.24) is 9.97 Å². The second-order valence-corrected chi connectivity index (χ2v) is 14.6. The molecule has 44 heavy (non-hydrogen) atoms. The average molecular weight is 587 g/mol. The third-order valence-corrected chi connectivity index (χ3v) is 9.54. The molecule has 0 spiro atoms. The monoisotopic (exact) mass is 586 g/mol. The summed E-state index contributed by atoms with van der Waals surface area (Å²) in [6, 6.07) is 52.1. The molecule has 0 amide bonds. The van der Waals surface area contributed by atoms with Crippen LogP contribution in [0.4, 0.5) is 0 Å². The van der Waals surface area contributed by atoms with E-state index in [2.05, 4.69) is 103 Å². The molecule has 0 radical (unpaired) electrons. The molecule has 0 unspecified atom stereocenters. The first-order valence-electron chi connectivity index (χ1n) is 14.7. The second kappa shape index (κ2) is 11.5. The van der Waals surface area contributed by atoms with Gasteiger partial charge in [-0.25, -0.2) is 9.97 Å². The Balaban J connectivity index is 1.29. The second-order valence-electron chi connectivity index (χ2n) is 11.4. The minimum atomic E-state index is -2.37. The van der Waals surface area contributed by atoms with Gasteiger partial charge in [-0.15, -0.1) is 0 Å². The van der Waals surface area contributed by atoms with Gasteiger partial charge in [0, 0.05) is 22.0 Å². The summed E-state index contributed by atoms with van der Waals surface area (Å²) in [4.78, 5) is 9.98. The van der Waals surface area contributed by atoms with Gasteiger partial charge < -0.3 is 4.57 Å². The lowest BCUT2D eigenvalue weighted by Gasteiger charge is -2.14. The van der Waals surface area contributed by atoms with Crippen LogP contribution in [0.15, 0.2) is 152 Å². The van der Waals surface area contributed by atoms with Crippen molar-refractivity contribution < 1.29 is 4.57 Å². The topological polar surface area (TPSA) is 42.9 Å². The number of rotatable bonds is 6. The molecule has 0 N–H and O–H groups in total. The highest BCUT2D eigenvalue weighted by Crippen LogP contribution is 2.39. The van der Waals surface area contributed by atoms with Crippen LogP contribution >= 0.6 is 7.14 Å². The number of aromatic nitrogens is 2. The fraction of sp³-hybridized carbons (Fsp3) is 0.0500. The lowest BCUT2D eigenvalue weighted by molar-refractivity contribution is 0.588. The molecule has 0 saturated heterocycles. The van der Waals surface area contributed by atoms with E-state index in [1.807, 2.05) is 61.9 Å². The Morgan fingerprint density at radius 3 is 1.45 bits per heavy atom. The van der Waals surface area contributed by atoms with Gasteiger partial charge in [0.25, 0.3) is 0 Å². The van der Waals surface area contributed by atoms with E-state index in [9.17, 15) is 4.57 Å². The van der Waals surface area contributed by atoms with Crippen LogP contribution in [0, 0.1) is 0 Å². The Labute approximate surface area is 258 Å². The fourth-order valence-electron chi connectivity index (χ4n) is 5.70. The molecule has 0 fully saturated rings. The zero-order valence-corrected chi connectivity index (χ0v) is 25.6. The zero-order valence-electron chi connectivity index (χ0n) is 24.7. The molecule has 0 saturated carbocycles. The van der Waals surface area contributed by atoms with E-state index in [4.69, 9.17) is 9.97 Å². The van der Waals surface area contributed by atoms with Gasteiger partial charge in [-0.3, -0.25) is 0 Å². The first kappa shape index (κ1) is 27.7. The number of benzene rings is 6. The molecule has 7 aromatic rings. The average Bonchev–Trinajstić information content (AvgIpc) is 3.08. The zero-order chi connectivity index (χ0) is 30.1. The van der Waals surface area contributed by atoms with Gasteiger partial charge in [0.15, 0.2) is 5.82 Å². The minimum Gasteiger partial charge on any atom is -0.319 e. The van der Waals surface area contributed by atoms with Crippen LogP contribution in [0.3, 0.4) is 0 Å². The fourth-order valence-corrected chi connectivity index (χ4v) is 6.59. The summed E-state index contributed by atoms with van der Waals surface area (Å²) in [5, 5.41) is 3.24. The molecule has 212 valence electrons. The summed E-state index contributed by atoms with van der Waals surface area (Å²) in [7, 11) is -2.37. The van der Waals surface area contributed by atoms with Gasteiger partial charge in [-0.1, -0.05) is 140 Å². The van der Waals surface area contributed by atoms with Crippen molar-refractivity contribution in [1.29, 1.82) is 0 Å². The predicted octanol–water partition coefficient (Wildman–Crippen LogP) is 10.2. The lowest BCUT2D eigenvalue weighted by atomic mass is 9.92. The first-order valence-corrected chi connectivity index (χ1v) is 17.3. The molecule has 0 aliphatic heterocycles. The largest absolute Gasteiger partial charge is 0.319 e. The van der Waals surface area contributed by atoms with E-state index in [-0.39, 0.29) is 0 Å². The molecule has 0 aliphatic rings. The van der Waals surface area contributed by atoms with Crippen molar-refractivity contribution in [2.45, 2.75) is 0 Å². The third kappa shape index (κ3) is 5.51. The van der Waals surface area contributed by atoms with E-state index in [0.29, 0.717) is 5.82 Å². The van der Waals surface area contributed by atoms with Gasteiger partial charge >= 0.3 is 0 Å². The minimum absolute atomic E-state index is 0.695. The summed E-state index contributed by atoms with van der Waals surface area (Å²) in [5.41, 5.74) is 9.37. The standard InChI is InChI=1S/C40H31N2OP/c1-44(2,43)33-17-11-16-32(26-33)35-25-24-34(36-18-9-10-19-37(35)36)28-20-22-31(23-21-28)40-41-38(29-12-5-3-6-13-29)27-39(42-40)30-14-7-4-8-15-30/h3-27H,1-2H3. The molecular formula is C40H31N2OP. The molecule has 0 atom stereocenters. The summed E-state index contributed by atoms with van der Waals surface area (Å²) in [6.07, 6.45) is 0. The number of fused-ring (bicyclic) bond motifs is 1. The molecule has 6 aromatic carbocycles. The summed E-state index contributed by atoms with van der Waals surface area (Å²) >= 11 is 0. The highest BCUT2D eigenvalue weighted by Gasteiger charge is 2.15. The maximum atomic E-state index is 12.8. The number of nitrogens with zero attached hydrogens (tertiary/aromatic N) is 2. The van der Waals surface area contributed by atoms with Crippen LogP contribution in [0.5, 0.6) is 0 Å². The quantitative estimate of drug-likeness (QED) is 0.182. The number of hydrogen-bond acceptors (Lipinski definition) is 3. The van der Waals surface area contributed by atoms with E-state index >= 15 is 0 Å². The smallest absolute Gasteiger partial charge is 0.160 e. The number of hydrogen-bond donors (Lipinski definition) is 0. The van der Waals surface area contributed by atoms with Crippen molar-refractivity contribution in [2.24, 2.45) is 0 Å². The van der Waals surface area contributed by atoms with Crippen molar-refractivity contribution in [2.75, 3.05) is 13.3 Å². The summed E-state index contributed by atoms with van der Waals surface area (Å²) < 4.78 is 12.8.